The molecule has 0 aromatic rings. The molecule has 0 saturated heterocycles. The Morgan fingerprint density at radius 1 is 1.56 bits per heavy atom. The van der Waals surface area contributed by atoms with Crippen LogP contribution >= 0.6 is 0 Å². The minimum Gasteiger partial charge on any atom is -0.389 e. The highest BCUT2D eigenvalue weighted by Crippen LogP contribution is 2.28. The van der Waals surface area contributed by atoms with E-state index < -0.39 is 6.10 Å². The van der Waals surface area contributed by atoms with Crippen LogP contribution in [-0.2, 0) is 9.53 Å². The van der Waals surface area contributed by atoms with E-state index in [9.17, 15) is 9.90 Å². The van der Waals surface area contributed by atoms with Gasteiger partial charge in [0.25, 0.3) is 0 Å². The number of nitrogens with two attached hydrogens (primary N) is 1. The number of hydrogen-bond donors (Lipinski definition) is 2. The molecule has 1 fully saturated rings. The average molecular weight is 258 g/mol. The lowest BCUT2D eigenvalue weighted by Crippen LogP contribution is -2.44. The van der Waals surface area contributed by atoms with Crippen molar-refractivity contribution in [2.75, 3.05) is 27.3 Å². The zero-order valence-electron chi connectivity index (χ0n) is 11.6. The molecule has 106 valence electrons. The molecule has 1 saturated carbocycles. The van der Waals surface area contributed by atoms with Crippen LogP contribution in [-0.4, -0.2) is 55.4 Å². The molecule has 1 aliphatic carbocycles. The summed E-state index contributed by atoms with van der Waals surface area (Å²) in [6.45, 7) is 2.70. The number of nitrogens with zero attached hydrogens (tertiary/aromatic N) is 1. The van der Waals surface area contributed by atoms with E-state index in [-0.39, 0.29) is 24.5 Å². The molecule has 5 nitrogen and oxygen atoms in total. The summed E-state index contributed by atoms with van der Waals surface area (Å²) in [5.41, 5.74) is 6.02. The monoisotopic (exact) mass is 258 g/mol. The number of likely N-dealkylation sites (N-methyl/N-ethyl adjacent to an activating group) is 1. The average Bonchev–Trinajstić information content (AvgIpc) is 2.32. The number of ether oxygens (including phenoxy) is 1. The van der Waals surface area contributed by atoms with Crippen LogP contribution in [0.2, 0.25) is 0 Å². The zero-order valence-corrected chi connectivity index (χ0v) is 11.6. The van der Waals surface area contributed by atoms with Gasteiger partial charge in [-0.3, -0.25) is 4.79 Å². The van der Waals surface area contributed by atoms with Gasteiger partial charge in [0.2, 0.25) is 5.91 Å². The molecule has 1 amide bonds. The Hall–Kier alpha value is -0.650. The number of aliphatic hydroxyl groups is 1. The van der Waals surface area contributed by atoms with Crippen LogP contribution in [0.4, 0.5) is 0 Å². The fraction of sp³-hybridized carbons (Fsp3) is 0.923. The number of rotatable bonds is 5. The van der Waals surface area contributed by atoms with E-state index >= 15 is 0 Å². The molecule has 3 N–H and O–H groups in total. The number of hydrogen-bond acceptors (Lipinski definition) is 4. The van der Waals surface area contributed by atoms with Gasteiger partial charge in [0, 0.05) is 32.7 Å². The number of carbonyl (C=O) groups excluding carboxylic acids is 1. The lowest BCUT2D eigenvalue weighted by molar-refractivity contribution is -0.137. The molecular weight excluding hydrogens is 232 g/mol. The Balaban J connectivity index is 2.43. The summed E-state index contributed by atoms with van der Waals surface area (Å²) in [7, 11) is 3.26. The van der Waals surface area contributed by atoms with Crippen molar-refractivity contribution >= 4 is 5.91 Å². The molecule has 1 rings (SSSR count). The van der Waals surface area contributed by atoms with Gasteiger partial charge in [0.1, 0.15) is 0 Å². The molecule has 0 heterocycles. The quantitative estimate of drug-likeness (QED) is 0.739. The van der Waals surface area contributed by atoms with Crippen molar-refractivity contribution in [1.82, 2.24) is 4.90 Å². The zero-order chi connectivity index (χ0) is 13.7. The van der Waals surface area contributed by atoms with Crippen molar-refractivity contribution in [3.63, 3.8) is 0 Å². The largest absolute Gasteiger partial charge is 0.389 e. The van der Waals surface area contributed by atoms with Crippen LogP contribution in [0, 0.1) is 11.8 Å². The summed E-state index contributed by atoms with van der Waals surface area (Å²) in [6.07, 6.45) is 2.04. The van der Waals surface area contributed by atoms with Gasteiger partial charge in [-0.05, 0) is 25.2 Å². The first-order valence-electron chi connectivity index (χ1n) is 6.63. The van der Waals surface area contributed by atoms with E-state index in [0.29, 0.717) is 12.5 Å². The maximum atomic E-state index is 12.2. The first-order chi connectivity index (χ1) is 8.45. The lowest BCUT2D eigenvalue weighted by Gasteiger charge is -2.33. The lowest BCUT2D eigenvalue weighted by atomic mass is 9.79. The second-order valence-electron chi connectivity index (χ2n) is 5.48. The number of amides is 1. The summed E-state index contributed by atoms with van der Waals surface area (Å²) >= 11 is 0. The van der Waals surface area contributed by atoms with Crippen LogP contribution in [0.25, 0.3) is 0 Å². The van der Waals surface area contributed by atoms with Gasteiger partial charge >= 0.3 is 0 Å². The molecular formula is C13H26N2O3. The number of aliphatic hydroxyl groups excluding tert-OH is 1. The van der Waals surface area contributed by atoms with Crippen molar-refractivity contribution in [3.8, 4) is 0 Å². The third-order valence-electron chi connectivity index (χ3n) is 3.83. The van der Waals surface area contributed by atoms with Crippen LogP contribution in [0.15, 0.2) is 0 Å². The van der Waals surface area contributed by atoms with Gasteiger partial charge in [-0.15, -0.1) is 0 Å². The fourth-order valence-electron chi connectivity index (χ4n) is 2.54. The van der Waals surface area contributed by atoms with Gasteiger partial charge in [-0.25, -0.2) is 0 Å². The minimum atomic E-state index is -0.625. The molecule has 4 atom stereocenters. The SMILES string of the molecule is COCC(O)CN(C)C(=O)C1CCC(C)C(N)C1. The van der Waals surface area contributed by atoms with E-state index in [1.807, 2.05) is 0 Å². The topological polar surface area (TPSA) is 75.8 Å². The molecule has 5 heteroatoms. The number of carbonyl (C=O) groups is 1. The maximum absolute atomic E-state index is 12.2. The molecule has 4 unspecified atom stereocenters. The van der Waals surface area contributed by atoms with Crippen molar-refractivity contribution < 1.29 is 14.6 Å². The standard InChI is InChI=1S/C13H26N2O3/c1-9-4-5-10(6-12(9)14)13(17)15(2)7-11(16)8-18-3/h9-12,16H,4-8,14H2,1-3H3. The molecule has 0 spiro atoms. The third kappa shape index (κ3) is 4.23. The van der Waals surface area contributed by atoms with Crippen LogP contribution in [0.1, 0.15) is 26.2 Å². The predicted octanol–water partition coefficient (Wildman–Crippen LogP) is 0.216. The second kappa shape index (κ2) is 7.07. The van der Waals surface area contributed by atoms with E-state index in [2.05, 4.69) is 6.92 Å². The summed E-state index contributed by atoms with van der Waals surface area (Å²) < 4.78 is 4.85. The van der Waals surface area contributed by atoms with Crippen LogP contribution in [0.5, 0.6) is 0 Å². The first kappa shape index (κ1) is 15.4. The molecule has 0 aromatic carbocycles. The summed E-state index contributed by atoms with van der Waals surface area (Å²) in [5, 5.41) is 9.62. The van der Waals surface area contributed by atoms with Gasteiger partial charge in [-0.2, -0.15) is 0 Å². The molecule has 0 aromatic heterocycles. The highest BCUT2D eigenvalue weighted by molar-refractivity contribution is 5.78. The van der Waals surface area contributed by atoms with Crippen molar-refractivity contribution in [2.24, 2.45) is 17.6 Å². The van der Waals surface area contributed by atoms with E-state index in [4.69, 9.17) is 10.5 Å². The Labute approximate surface area is 109 Å². The second-order valence-corrected chi connectivity index (χ2v) is 5.48. The van der Waals surface area contributed by atoms with E-state index in [1.165, 1.54) is 7.11 Å². The Morgan fingerprint density at radius 2 is 2.22 bits per heavy atom. The smallest absolute Gasteiger partial charge is 0.225 e. The summed E-state index contributed by atoms with van der Waals surface area (Å²) in [5.74, 6) is 0.599. The molecule has 0 bridgehead atoms. The van der Waals surface area contributed by atoms with Gasteiger partial charge in [0.05, 0.1) is 12.7 Å². The summed E-state index contributed by atoms with van der Waals surface area (Å²) in [4.78, 5) is 13.8. The van der Waals surface area contributed by atoms with Crippen LogP contribution in [0.3, 0.4) is 0 Å². The van der Waals surface area contributed by atoms with E-state index in [0.717, 1.165) is 19.3 Å². The van der Waals surface area contributed by atoms with E-state index in [1.54, 1.807) is 11.9 Å². The van der Waals surface area contributed by atoms with Gasteiger partial charge < -0.3 is 20.5 Å². The Bertz CT molecular complexity index is 273. The van der Waals surface area contributed by atoms with Gasteiger partial charge in [-0.1, -0.05) is 6.92 Å². The normalized spacial score (nSPS) is 29.9. The minimum absolute atomic E-state index is 0.0101. The van der Waals surface area contributed by atoms with Crippen molar-refractivity contribution in [1.29, 1.82) is 0 Å². The van der Waals surface area contributed by atoms with Crippen molar-refractivity contribution in [2.45, 2.75) is 38.3 Å². The molecule has 18 heavy (non-hydrogen) atoms. The third-order valence-corrected chi connectivity index (χ3v) is 3.83. The summed E-state index contributed by atoms with van der Waals surface area (Å²) in [6, 6.07) is 0.116. The fourth-order valence-corrected chi connectivity index (χ4v) is 2.54. The molecule has 1 aliphatic rings. The molecule has 0 aliphatic heterocycles. The maximum Gasteiger partial charge on any atom is 0.225 e. The highest BCUT2D eigenvalue weighted by Gasteiger charge is 2.31. The highest BCUT2D eigenvalue weighted by atomic mass is 16.5. The van der Waals surface area contributed by atoms with Gasteiger partial charge in [0.15, 0.2) is 0 Å². The molecule has 0 radical (unpaired) electrons. The Kier molecular flexibility index (Phi) is 6.05. The predicted molar refractivity (Wildman–Crippen MR) is 70.0 cm³/mol. The Morgan fingerprint density at radius 3 is 2.78 bits per heavy atom. The first-order valence-corrected chi connectivity index (χ1v) is 6.63. The van der Waals surface area contributed by atoms with Crippen molar-refractivity contribution in [3.05, 3.63) is 0 Å². The number of methoxy groups -OCH3 is 1. The van der Waals surface area contributed by atoms with Crippen LogP contribution < -0.4 is 5.73 Å².